The zero-order chi connectivity index (χ0) is 9.90. The fourth-order valence-electron chi connectivity index (χ4n) is 1.47. The van der Waals surface area contributed by atoms with Gasteiger partial charge in [0.05, 0.1) is 0 Å². The molecule has 1 aromatic carbocycles. The third-order valence-electron chi connectivity index (χ3n) is 1.95. The molecule has 0 saturated carbocycles. The Morgan fingerprint density at radius 1 is 1.08 bits per heavy atom. The van der Waals surface area contributed by atoms with Crippen LogP contribution in [0.5, 0.6) is 0 Å². The molecule has 1 nitrogen and oxygen atoms in total. The van der Waals surface area contributed by atoms with E-state index in [1.165, 1.54) is 5.56 Å². The molecule has 0 aliphatic rings. The Hall–Kier alpha value is -0.820. The minimum atomic E-state index is 0.176. The molecular formula is C12H19N. The number of hydrogen-bond acceptors (Lipinski definition) is 1. The second-order valence-electron chi connectivity index (χ2n) is 4.53. The summed E-state index contributed by atoms with van der Waals surface area (Å²) in [4.78, 5) is 0. The van der Waals surface area contributed by atoms with Crippen molar-refractivity contribution in [1.29, 1.82) is 0 Å². The lowest BCUT2D eigenvalue weighted by atomic mass is 10.0. The fraction of sp³-hybridized carbons (Fsp3) is 0.500. The van der Waals surface area contributed by atoms with Crippen molar-refractivity contribution in [2.45, 2.75) is 39.3 Å². The van der Waals surface area contributed by atoms with Crippen LogP contribution in [0.4, 0.5) is 0 Å². The Labute approximate surface area is 81.2 Å². The van der Waals surface area contributed by atoms with E-state index in [0.717, 1.165) is 0 Å². The molecule has 1 atom stereocenters. The molecule has 13 heavy (non-hydrogen) atoms. The normalized spacial score (nSPS) is 14.2. The lowest BCUT2D eigenvalue weighted by Gasteiger charge is -2.26. The van der Waals surface area contributed by atoms with E-state index in [1.54, 1.807) is 0 Å². The molecule has 0 saturated heterocycles. The smallest absolute Gasteiger partial charge is 0.0296 e. The molecular weight excluding hydrogens is 158 g/mol. The van der Waals surface area contributed by atoms with Gasteiger partial charge in [-0.05, 0) is 33.3 Å². The molecule has 0 aromatic heterocycles. The summed E-state index contributed by atoms with van der Waals surface area (Å²) in [5.74, 6) is 0. The van der Waals surface area contributed by atoms with Crippen molar-refractivity contribution in [3.63, 3.8) is 0 Å². The van der Waals surface area contributed by atoms with Gasteiger partial charge in [-0.2, -0.15) is 0 Å². The molecule has 0 unspecified atom stereocenters. The van der Waals surface area contributed by atoms with Crippen LogP contribution in [0.1, 0.15) is 39.3 Å². The summed E-state index contributed by atoms with van der Waals surface area (Å²) in [5, 5.41) is 3.54. The Bertz CT molecular complexity index is 246. The number of rotatable bonds is 2. The predicted octanol–water partition coefficient (Wildman–Crippen LogP) is 3.14. The summed E-state index contributed by atoms with van der Waals surface area (Å²) in [7, 11) is 0. The van der Waals surface area contributed by atoms with Gasteiger partial charge < -0.3 is 5.32 Å². The van der Waals surface area contributed by atoms with Crippen molar-refractivity contribution in [2.75, 3.05) is 0 Å². The topological polar surface area (TPSA) is 12.0 Å². The van der Waals surface area contributed by atoms with Crippen LogP contribution in [-0.4, -0.2) is 5.54 Å². The second-order valence-corrected chi connectivity index (χ2v) is 4.53. The van der Waals surface area contributed by atoms with Crippen molar-refractivity contribution in [2.24, 2.45) is 0 Å². The summed E-state index contributed by atoms with van der Waals surface area (Å²) >= 11 is 0. The maximum absolute atomic E-state index is 3.54. The van der Waals surface area contributed by atoms with Crippen LogP contribution >= 0.6 is 0 Å². The van der Waals surface area contributed by atoms with Crippen LogP contribution in [0.3, 0.4) is 0 Å². The first kappa shape index (κ1) is 10.3. The first-order valence-corrected chi connectivity index (χ1v) is 4.82. The molecule has 72 valence electrons. The summed E-state index contributed by atoms with van der Waals surface area (Å²) < 4.78 is 0. The van der Waals surface area contributed by atoms with Crippen LogP contribution < -0.4 is 5.32 Å². The van der Waals surface area contributed by atoms with Gasteiger partial charge in [-0.1, -0.05) is 30.3 Å². The van der Waals surface area contributed by atoms with Crippen LogP contribution in [0.25, 0.3) is 0 Å². The van der Waals surface area contributed by atoms with E-state index < -0.39 is 0 Å². The summed E-state index contributed by atoms with van der Waals surface area (Å²) in [5.41, 5.74) is 1.52. The largest absolute Gasteiger partial charge is 0.306 e. The molecule has 0 amide bonds. The minimum Gasteiger partial charge on any atom is -0.306 e. The van der Waals surface area contributed by atoms with Crippen LogP contribution in [0.15, 0.2) is 30.3 Å². The summed E-state index contributed by atoms with van der Waals surface area (Å²) in [6.07, 6.45) is 0. The van der Waals surface area contributed by atoms with Crippen LogP contribution in [0, 0.1) is 0 Å². The van der Waals surface area contributed by atoms with E-state index in [4.69, 9.17) is 0 Å². The number of benzene rings is 1. The first-order valence-electron chi connectivity index (χ1n) is 4.82. The lowest BCUT2D eigenvalue weighted by molar-refractivity contribution is 0.378. The molecule has 1 aromatic rings. The highest BCUT2D eigenvalue weighted by atomic mass is 15.0. The van der Waals surface area contributed by atoms with Crippen LogP contribution in [0.2, 0.25) is 0 Å². The van der Waals surface area contributed by atoms with E-state index >= 15 is 0 Å². The Kier molecular flexibility index (Phi) is 3.10. The van der Waals surface area contributed by atoms with Gasteiger partial charge in [0.25, 0.3) is 0 Å². The van der Waals surface area contributed by atoms with E-state index in [9.17, 15) is 0 Å². The zero-order valence-corrected chi connectivity index (χ0v) is 8.96. The third-order valence-corrected chi connectivity index (χ3v) is 1.95. The van der Waals surface area contributed by atoms with Gasteiger partial charge in [0, 0.05) is 11.6 Å². The minimum absolute atomic E-state index is 0.176. The summed E-state index contributed by atoms with van der Waals surface area (Å²) in [6.45, 7) is 8.76. The monoisotopic (exact) mass is 177 g/mol. The molecule has 1 rings (SSSR count). The van der Waals surface area contributed by atoms with Gasteiger partial charge in [-0.15, -0.1) is 0 Å². The Balaban J connectivity index is 2.64. The predicted molar refractivity (Wildman–Crippen MR) is 57.7 cm³/mol. The van der Waals surface area contributed by atoms with E-state index in [-0.39, 0.29) is 5.54 Å². The average molecular weight is 177 g/mol. The molecule has 0 aliphatic carbocycles. The van der Waals surface area contributed by atoms with Crippen molar-refractivity contribution in [1.82, 2.24) is 5.32 Å². The van der Waals surface area contributed by atoms with Crippen LogP contribution in [-0.2, 0) is 0 Å². The van der Waals surface area contributed by atoms with Gasteiger partial charge in [-0.3, -0.25) is 0 Å². The fourth-order valence-corrected chi connectivity index (χ4v) is 1.47. The summed E-state index contributed by atoms with van der Waals surface area (Å²) in [6, 6.07) is 10.9. The zero-order valence-electron chi connectivity index (χ0n) is 8.96. The number of hydrogen-bond donors (Lipinski definition) is 1. The maximum Gasteiger partial charge on any atom is 0.0296 e. The van der Waals surface area contributed by atoms with E-state index in [2.05, 4.69) is 57.3 Å². The molecule has 0 heterocycles. The molecule has 0 bridgehead atoms. The second kappa shape index (κ2) is 3.93. The van der Waals surface area contributed by atoms with Crippen molar-refractivity contribution in [3.05, 3.63) is 35.9 Å². The third kappa shape index (κ3) is 3.60. The highest BCUT2D eigenvalue weighted by Crippen LogP contribution is 2.15. The van der Waals surface area contributed by atoms with E-state index in [0.29, 0.717) is 6.04 Å². The van der Waals surface area contributed by atoms with E-state index in [1.807, 2.05) is 6.07 Å². The highest BCUT2D eigenvalue weighted by molar-refractivity contribution is 5.18. The highest BCUT2D eigenvalue weighted by Gasteiger charge is 2.13. The maximum atomic E-state index is 3.54. The Morgan fingerprint density at radius 3 is 2.08 bits per heavy atom. The average Bonchev–Trinajstić information content (AvgIpc) is 2.03. The molecule has 1 heteroatoms. The number of nitrogens with one attached hydrogen (secondary N) is 1. The molecule has 0 aliphatic heterocycles. The van der Waals surface area contributed by atoms with Crippen molar-refractivity contribution < 1.29 is 0 Å². The van der Waals surface area contributed by atoms with Gasteiger partial charge in [0.2, 0.25) is 0 Å². The van der Waals surface area contributed by atoms with Crippen molar-refractivity contribution >= 4 is 0 Å². The molecule has 0 fully saturated rings. The Morgan fingerprint density at radius 2 is 1.62 bits per heavy atom. The van der Waals surface area contributed by atoms with Gasteiger partial charge in [0.1, 0.15) is 0 Å². The molecule has 0 radical (unpaired) electrons. The lowest BCUT2D eigenvalue weighted by Crippen LogP contribution is -2.37. The quantitative estimate of drug-likeness (QED) is 0.731. The van der Waals surface area contributed by atoms with Gasteiger partial charge in [0.15, 0.2) is 0 Å². The SMILES string of the molecule is C[C@H](NC(C)(C)C)c1ccccc1. The standard InChI is InChI=1S/C12H19N/c1-10(13-12(2,3)4)11-8-6-5-7-9-11/h5-10,13H,1-4H3/t10-/m0/s1. The van der Waals surface area contributed by atoms with Crippen molar-refractivity contribution in [3.8, 4) is 0 Å². The molecule has 1 N–H and O–H groups in total. The van der Waals surface area contributed by atoms with Gasteiger partial charge >= 0.3 is 0 Å². The van der Waals surface area contributed by atoms with Gasteiger partial charge in [-0.25, -0.2) is 0 Å². The first-order chi connectivity index (χ1) is 5.99. The molecule has 0 spiro atoms.